The monoisotopic (exact) mass is 427 g/mol. The van der Waals surface area contributed by atoms with Crippen molar-refractivity contribution in [1.82, 2.24) is 25.0 Å². The Hall–Kier alpha value is -2.90. The van der Waals surface area contributed by atoms with Gasteiger partial charge in [0.05, 0.1) is 11.3 Å². The minimum atomic E-state index is -0.301. The standard InChI is InChI=1S/C23H33N5O3/c1-15(12-20-16(2)26-27(4)17(20)3)24-23(31)18-10-11-22(30)28(13-18)14-21(29)25-19-8-6-5-7-9-19/h10-11,13,15,19H,5-9,12,14H2,1-4H3,(H,24,31)(H,25,29)/t15-/m1/s1. The predicted octanol–water partition coefficient (Wildman–Crippen LogP) is 2.01. The molecule has 8 nitrogen and oxygen atoms in total. The number of rotatable bonds is 7. The first-order valence-corrected chi connectivity index (χ1v) is 11.0. The first-order valence-electron chi connectivity index (χ1n) is 11.0. The van der Waals surface area contributed by atoms with E-state index in [1.165, 1.54) is 29.3 Å². The second kappa shape index (κ2) is 9.94. The molecular formula is C23H33N5O3. The summed E-state index contributed by atoms with van der Waals surface area (Å²) in [5.74, 6) is -0.462. The van der Waals surface area contributed by atoms with E-state index in [1.54, 1.807) is 0 Å². The number of hydrogen-bond acceptors (Lipinski definition) is 4. The van der Waals surface area contributed by atoms with Gasteiger partial charge in [0.15, 0.2) is 0 Å². The quantitative estimate of drug-likeness (QED) is 0.706. The summed E-state index contributed by atoms with van der Waals surface area (Å²) in [4.78, 5) is 37.3. The maximum atomic E-state index is 12.7. The van der Waals surface area contributed by atoms with Gasteiger partial charge in [-0.3, -0.25) is 19.1 Å². The molecule has 1 atom stereocenters. The average Bonchev–Trinajstić information content (AvgIpc) is 2.96. The molecule has 168 valence electrons. The van der Waals surface area contributed by atoms with E-state index in [0.29, 0.717) is 12.0 Å². The van der Waals surface area contributed by atoms with Crippen LogP contribution >= 0.6 is 0 Å². The van der Waals surface area contributed by atoms with E-state index in [4.69, 9.17) is 0 Å². The van der Waals surface area contributed by atoms with Crippen molar-refractivity contribution in [1.29, 1.82) is 0 Å². The van der Waals surface area contributed by atoms with Crippen molar-refractivity contribution in [2.24, 2.45) is 7.05 Å². The normalized spacial score (nSPS) is 15.5. The van der Waals surface area contributed by atoms with Crippen LogP contribution in [-0.2, 0) is 24.8 Å². The van der Waals surface area contributed by atoms with Gasteiger partial charge in [0.25, 0.3) is 11.5 Å². The van der Waals surface area contributed by atoms with E-state index in [9.17, 15) is 14.4 Å². The van der Waals surface area contributed by atoms with E-state index in [1.807, 2.05) is 32.5 Å². The first-order chi connectivity index (χ1) is 14.7. The molecular weight excluding hydrogens is 394 g/mol. The molecule has 1 aliphatic carbocycles. The Morgan fingerprint density at radius 1 is 1.19 bits per heavy atom. The van der Waals surface area contributed by atoms with Gasteiger partial charge >= 0.3 is 0 Å². The number of nitrogens with zero attached hydrogens (tertiary/aromatic N) is 3. The molecule has 0 saturated heterocycles. The van der Waals surface area contributed by atoms with Gasteiger partial charge in [-0.2, -0.15) is 5.10 Å². The van der Waals surface area contributed by atoms with Crippen molar-refractivity contribution >= 4 is 11.8 Å². The van der Waals surface area contributed by atoms with Crippen molar-refractivity contribution in [3.05, 3.63) is 51.2 Å². The number of nitrogens with one attached hydrogen (secondary N) is 2. The summed E-state index contributed by atoms with van der Waals surface area (Å²) >= 11 is 0. The highest BCUT2D eigenvalue weighted by Crippen LogP contribution is 2.17. The number of amides is 2. The minimum Gasteiger partial charge on any atom is -0.352 e. The van der Waals surface area contributed by atoms with Crippen LogP contribution in [0.3, 0.4) is 0 Å². The highest BCUT2D eigenvalue weighted by Gasteiger charge is 2.18. The molecule has 0 bridgehead atoms. The Balaban J connectivity index is 1.62. The van der Waals surface area contributed by atoms with Crippen LogP contribution in [0, 0.1) is 13.8 Å². The van der Waals surface area contributed by atoms with Gasteiger partial charge in [-0.25, -0.2) is 0 Å². The molecule has 0 unspecified atom stereocenters. The number of aryl methyl sites for hydroxylation is 2. The molecule has 0 aromatic carbocycles. The third-order valence-electron chi connectivity index (χ3n) is 6.08. The van der Waals surface area contributed by atoms with Crippen molar-refractivity contribution in [2.45, 2.75) is 77.9 Å². The van der Waals surface area contributed by atoms with Gasteiger partial charge < -0.3 is 15.2 Å². The van der Waals surface area contributed by atoms with Crippen LogP contribution in [0.15, 0.2) is 23.1 Å². The average molecular weight is 428 g/mol. The third kappa shape index (κ3) is 5.83. The summed E-state index contributed by atoms with van der Waals surface area (Å²) < 4.78 is 3.14. The Morgan fingerprint density at radius 2 is 1.90 bits per heavy atom. The lowest BCUT2D eigenvalue weighted by Crippen LogP contribution is -2.40. The van der Waals surface area contributed by atoms with Gasteiger partial charge in [0.2, 0.25) is 5.91 Å². The lowest BCUT2D eigenvalue weighted by atomic mass is 9.95. The molecule has 1 aliphatic rings. The van der Waals surface area contributed by atoms with Crippen LogP contribution in [-0.4, -0.2) is 38.2 Å². The van der Waals surface area contributed by atoms with E-state index in [2.05, 4.69) is 15.7 Å². The van der Waals surface area contributed by atoms with Crippen molar-refractivity contribution in [2.75, 3.05) is 0 Å². The smallest absolute Gasteiger partial charge is 0.252 e. The number of aromatic nitrogens is 3. The first kappa shape index (κ1) is 22.8. The third-order valence-corrected chi connectivity index (χ3v) is 6.08. The molecule has 1 fully saturated rings. The van der Waals surface area contributed by atoms with Crippen LogP contribution in [0.25, 0.3) is 0 Å². The number of pyridine rings is 1. The van der Waals surface area contributed by atoms with Crippen LogP contribution in [0.5, 0.6) is 0 Å². The molecule has 8 heteroatoms. The van der Waals surface area contributed by atoms with Crippen LogP contribution < -0.4 is 16.2 Å². The highest BCUT2D eigenvalue weighted by molar-refractivity contribution is 5.94. The zero-order valence-electron chi connectivity index (χ0n) is 18.9. The summed E-state index contributed by atoms with van der Waals surface area (Å²) in [7, 11) is 1.91. The molecule has 0 aliphatic heterocycles. The van der Waals surface area contributed by atoms with E-state index < -0.39 is 0 Å². The second-order valence-electron chi connectivity index (χ2n) is 8.64. The predicted molar refractivity (Wildman–Crippen MR) is 119 cm³/mol. The van der Waals surface area contributed by atoms with Gasteiger partial charge in [-0.15, -0.1) is 0 Å². The molecule has 2 N–H and O–H groups in total. The Morgan fingerprint density at radius 3 is 2.55 bits per heavy atom. The largest absolute Gasteiger partial charge is 0.352 e. The molecule has 2 aromatic rings. The van der Waals surface area contributed by atoms with E-state index in [-0.39, 0.29) is 36.0 Å². The van der Waals surface area contributed by atoms with E-state index >= 15 is 0 Å². The Bertz CT molecular complexity index is 1000. The zero-order valence-corrected chi connectivity index (χ0v) is 18.9. The van der Waals surface area contributed by atoms with Crippen molar-refractivity contribution in [3.63, 3.8) is 0 Å². The summed E-state index contributed by atoms with van der Waals surface area (Å²) in [6, 6.07) is 2.91. The van der Waals surface area contributed by atoms with Gasteiger partial charge in [0, 0.05) is 37.1 Å². The maximum Gasteiger partial charge on any atom is 0.252 e. The SMILES string of the molecule is Cc1nn(C)c(C)c1C[C@@H](C)NC(=O)c1ccc(=O)n(CC(=O)NC2CCCCC2)c1. The van der Waals surface area contributed by atoms with Crippen molar-refractivity contribution in [3.8, 4) is 0 Å². The zero-order chi connectivity index (χ0) is 22.5. The van der Waals surface area contributed by atoms with Crippen molar-refractivity contribution < 1.29 is 9.59 Å². The fourth-order valence-electron chi connectivity index (χ4n) is 4.24. The van der Waals surface area contributed by atoms with E-state index in [0.717, 1.165) is 42.6 Å². The van der Waals surface area contributed by atoms with Gasteiger partial charge in [0.1, 0.15) is 6.54 Å². The molecule has 1 saturated carbocycles. The maximum absolute atomic E-state index is 12.7. The second-order valence-corrected chi connectivity index (χ2v) is 8.64. The topological polar surface area (TPSA) is 98.0 Å². The molecule has 2 aromatic heterocycles. The summed E-state index contributed by atoms with van der Waals surface area (Å²) in [6.45, 7) is 5.83. The molecule has 0 radical (unpaired) electrons. The number of carbonyl (C=O) groups excluding carboxylic acids is 2. The summed E-state index contributed by atoms with van der Waals surface area (Å²) in [5, 5.41) is 10.4. The van der Waals surface area contributed by atoms with Gasteiger partial charge in [-0.05, 0) is 51.7 Å². The summed E-state index contributed by atoms with van der Waals surface area (Å²) in [6.07, 6.45) is 7.55. The lowest BCUT2D eigenvalue weighted by molar-refractivity contribution is -0.122. The van der Waals surface area contributed by atoms with Crippen LogP contribution in [0.2, 0.25) is 0 Å². The van der Waals surface area contributed by atoms with Gasteiger partial charge in [-0.1, -0.05) is 19.3 Å². The lowest BCUT2D eigenvalue weighted by Gasteiger charge is -2.23. The summed E-state index contributed by atoms with van der Waals surface area (Å²) in [5.41, 5.74) is 3.22. The molecule has 0 spiro atoms. The molecule has 3 rings (SSSR count). The molecule has 2 amide bonds. The Kier molecular flexibility index (Phi) is 7.30. The fraction of sp³-hybridized carbons (Fsp3) is 0.565. The minimum absolute atomic E-state index is 0.0833. The van der Waals surface area contributed by atoms with Crippen LogP contribution in [0.4, 0.5) is 0 Å². The highest BCUT2D eigenvalue weighted by atomic mass is 16.2. The fourth-order valence-corrected chi connectivity index (χ4v) is 4.24. The number of carbonyl (C=O) groups is 2. The molecule has 31 heavy (non-hydrogen) atoms. The van der Waals surface area contributed by atoms with Crippen LogP contribution in [0.1, 0.15) is 66.3 Å². The Labute approximate surface area is 183 Å². The number of hydrogen-bond donors (Lipinski definition) is 2. The molecule has 2 heterocycles.